The van der Waals surface area contributed by atoms with Crippen molar-refractivity contribution in [3.05, 3.63) is 46.5 Å². The lowest BCUT2D eigenvalue weighted by Gasteiger charge is -2.26. The van der Waals surface area contributed by atoms with Crippen LogP contribution in [0.25, 0.3) is 0 Å². The van der Waals surface area contributed by atoms with Gasteiger partial charge in [-0.2, -0.15) is 0 Å². The summed E-state index contributed by atoms with van der Waals surface area (Å²) in [5.74, 6) is 0.949. The minimum atomic E-state index is 0.477. The van der Waals surface area contributed by atoms with E-state index in [2.05, 4.69) is 21.7 Å². The van der Waals surface area contributed by atoms with Gasteiger partial charge >= 0.3 is 0 Å². The van der Waals surface area contributed by atoms with E-state index in [0.717, 1.165) is 29.8 Å². The summed E-state index contributed by atoms with van der Waals surface area (Å²) in [5.41, 5.74) is 2.82. The van der Waals surface area contributed by atoms with Gasteiger partial charge in [0.25, 0.3) is 0 Å². The maximum atomic E-state index is 5.29. The fourth-order valence-corrected chi connectivity index (χ4v) is 2.97. The molecule has 0 radical (unpaired) electrons. The van der Waals surface area contributed by atoms with Crippen molar-refractivity contribution in [1.29, 1.82) is 0 Å². The molecule has 1 atom stereocenters. The van der Waals surface area contributed by atoms with E-state index in [-0.39, 0.29) is 0 Å². The topological polar surface area (TPSA) is 29.9 Å². The number of imidazole rings is 1. The molecule has 2 aromatic rings. The molecule has 3 rings (SSSR count). The van der Waals surface area contributed by atoms with Gasteiger partial charge in [-0.25, -0.2) is 0 Å². The molecule has 94 valence electrons. The zero-order valence-electron chi connectivity index (χ0n) is 10.3. The molecule has 3 nitrogen and oxygen atoms in total. The molecule has 1 N–H and O–H groups in total. The van der Waals surface area contributed by atoms with Crippen LogP contribution in [-0.2, 0) is 12.8 Å². The first kappa shape index (κ1) is 11.5. The molecule has 1 aromatic heterocycles. The highest BCUT2D eigenvalue weighted by Gasteiger charge is 2.20. The molecule has 1 heterocycles. The van der Waals surface area contributed by atoms with Gasteiger partial charge in [-0.3, -0.25) is 0 Å². The van der Waals surface area contributed by atoms with Gasteiger partial charge in [0.2, 0.25) is 0 Å². The van der Waals surface area contributed by atoms with Crippen LogP contribution in [0, 0.1) is 4.77 Å². The number of nitrogens with zero attached hydrogens (tertiary/aromatic N) is 1. The van der Waals surface area contributed by atoms with Crippen LogP contribution in [0.15, 0.2) is 30.6 Å². The Morgan fingerprint density at radius 2 is 2.28 bits per heavy atom. The Morgan fingerprint density at radius 3 is 3.00 bits per heavy atom. The highest BCUT2D eigenvalue weighted by atomic mass is 32.1. The maximum Gasteiger partial charge on any atom is 0.177 e. The standard InChI is InChI=1S/C14H16N2OS/c1-17-13-5-3-10-8-12(4-2-11(10)9-13)16-7-6-15-14(16)18/h3,5-7,9,12H,2,4,8H2,1H3,(H,15,18). The van der Waals surface area contributed by atoms with Crippen LogP contribution in [0.4, 0.5) is 0 Å². The molecule has 0 amide bonds. The van der Waals surface area contributed by atoms with E-state index in [4.69, 9.17) is 17.0 Å². The minimum absolute atomic E-state index is 0.477. The summed E-state index contributed by atoms with van der Waals surface area (Å²) in [5, 5.41) is 0. The molecule has 0 fully saturated rings. The molecule has 1 aliphatic rings. The average molecular weight is 260 g/mol. The first-order valence-corrected chi connectivity index (χ1v) is 6.60. The summed E-state index contributed by atoms with van der Waals surface area (Å²) in [7, 11) is 1.71. The Kier molecular flexibility index (Phi) is 2.96. The van der Waals surface area contributed by atoms with Crippen LogP contribution in [0.5, 0.6) is 5.75 Å². The van der Waals surface area contributed by atoms with Crippen LogP contribution in [0.3, 0.4) is 0 Å². The van der Waals surface area contributed by atoms with Crippen LogP contribution in [0.1, 0.15) is 23.6 Å². The number of aromatic nitrogens is 2. The Balaban J connectivity index is 1.90. The van der Waals surface area contributed by atoms with Crippen molar-refractivity contribution in [3.63, 3.8) is 0 Å². The van der Waals surface area contributed by atoms with Gasteiger partial charge < -0.3 is 14.3 Å². The number of H-pyrrole nitrogens is 1. The molecule has 0 spiro atoms. The van der Waals surface area contributed by atoms with Crippen LogP contribution in [0.2, 0.25) is 0 Å². The number of hydrogen-bond acceptors (Lipinski definition) is 2. The lowest BCUT2D eigenvalue weighted by Crippen LogP contribution is -2.18. The van der Waals surface area contributed by atoms with E-state index in [1.807, 2.05) is 18.5 Å². The minimum Gasteiger partial charge on any atom is -0.497 e. The zero-order chi connectivity index (χ0) is 12.5. The number of aromatic amines is 1. The third kappa shape index (κ3) is 1.97. The van der Waals surface area contributed by atoms with E-state index in [1.165, 1.54) is 11.1 Å². The molecule has 0 saturated carbocycles. The molecule has 0 aliphatic heterocycles. The van der Waals surface area contributed by atoms with Gasteiger partial charge in [-0.1, -0.05) is 6.07 Å². The smallest absolute Gasteiger partial charge is 0.177 e. The molecule has 0 bridgehead atoms. The fourth-order valence-electron chi connectivity index (χ4n) is 2.70. The van der Waals surface area contributed by atoms with Crippen molar-refractivity contribution < 1.29 is 4.74 Å². The SMILES string of the molecule is COc1ccc2c(c1)CCC(n1cc[nH]c1=S)C2. The third-order valence-electron chi connectivity index (χ3n) is 3.69. The largest absolute Gasteiger partial charge is 0.497 e. The lowest BCUT2D eigenvalue weighted by atomic mass is 9.88. The van der Waals surface area contributed by atoms with Gasteiger partial charge in [0.1, 0.15) is 5.75 Å². The number of aryl methyl sites for hydroxylation is 1. The molecule has 1 unspecified atom stereocenters. The predicted octanol–water partition coefficient (Wildman–Crippen LogP) is 3.28. The van der Waals surface area contributed by atoms with Crippen molar-refractivity contribution in [3.8, 4) is 5.75 Å². The van der Waals surface area contributed by atoms with Crippen molar-refractivity contribution in [2.75, 3.05) is 7.11 Å². The summed E-state index contributed by atoms with van der Waals surface area (Å²) >= 11 is 5.29. The van der Waals surface area contributed by atoms with Gasteiger partial charge in [0, 0.05) is 18.4 Å². The first-order valence-electron chi connectivity index (χ1n) is 6.19. The second-order valence-corrected chi connectivity index (χ2v) is 5.09. The molecule has 0 saturated heterocycles. The Hall–Kier alpha value is -1.55. The van der Waals surface area contributed by atoms with Gasteiger partial charge in [-0.15, -0.1) is 0 Å². The molecular formula is C14H16N2OS. The number of benzene rings is 1. The van der Waals surface area contributed by atoms with Crippen LogP contribution >= 0.6 is 12.2 Å². The van der Waals surface area contributed by atoms with E-state index in [9.17, 15) is 0 Å². The van der Waals surface area contributed by atoms with Gasteiger partial charge in [0.05, 0.1) is 7.11 Å². The Bertz CT molecular complexity index is 614. The second-order valence-electron chi connectivity index (χ2n) is 4.70. The molecule has 18 heavy (non-hydrogen) atoms. The quantitative estimate of drug-likeness (QED) is 0.840. The Labute approximate surface area is 111 Å². The maximum absolute atomic E-state index is 5.29. The summed E-state index contributed by atoms with van der Waals surface area (Å²) in [6.07, 6.45) is 7.22. The average Bonchev–Trinajstić information content (AvgIpc) is 2.84. The number of rotatable bonds is 2. The number of hydrogen-bond donors (Lipinski definition) is 1. The van der Waals surface area contributed by atoms with Gasteiger partial charge in [-0.05, 0) is 54.7 Å². The van der Waals surface area contributed by atoms with Crippen LogP contribution < -0.4 is 4.74 Å². The zero-order valence-corrected chi connectivity index (χ0v) is 11.2. The van der Waals surface area contributed by atoms with Crippen molar-refractivity contribution in [1.82, 2.24) is 9.55 Å². The van der Waals surface area contributed by atoms with Crippen LogP contribution in [-0.4, -0.2) is 16.7 Å². The van der Waals surface area contributed by atoms with E-state index >= 15 is 0 Å². The molecule has 4 heteroatoms. The monoisotopic (exact) mass is 260 g/mol. The predicted molar refractivity (Wildman–Crippen MR) is 73.7 cm³/mol. The number of nitrogens with one attached hydrogen (secondary N) is 1. The van der Waals surface area contributed by atoms with E-state index < -0.39 is 0 Å². The second kappa shape index (κ2) is 4.61. The normalized spacial score (nSPS) is 18.4. The number of methoxy groups -OCH3 is 1. The summed E-state index contributed by atoms with van der Waals surface area (Å²) in [6.45, 7) is 0. The first-order chi connectivity index (χ1) is 8.78. The molecule has 1 aromatic carbocycles. The van der Waals surface area contributed by atoms with Gasteiger partial charge in [0.15, 0.2) is 4.77 Å². The summed E-state index contributed by atoms with van der Waals surface area (Å²) < 4.78 is 8.26. The highest BCUT2D eigenvalue weighted by molar-refractivity contribution is 7.71. The summed E-state index contributed by atoms with van der Waals surface area (Å²) in [6, 6.07) is 6.85. The Morgan fingerprint density at radius 1 is 1.39 bits per heavy atom. The lowest BCUT2D eigenvalue weighted by molar-refractivity contribution is 0.409. The summed E-state index contributed by atoms with van der Waals surface area (Å²) in [4.78, 5) is 3.07. The van der Waals surface area contributed by atoms with E-state index in [1.54, 1.807) is 7.11 Å². The van der Waals surface area contributed by atoms with Crippen molar-refractivity contribution in [2.45, 2.75) is 25.3 Å². The van der Waals surface area contributed by atoms with Crippen molar-refractivity contribution >= 4 is 12.2 Å². The molecule has 1 aliphatic carbocycles. The number of ether oxygens (including phenoxy) is 1. The highest BCUT2D eigenvalue weighted by Crippen LogP contribution is 2.31. The third-order valence-corrected chi connectivity index (χ3v) is 4.01. The molecular weight excluding hydrogens is 244 g/mol. The van der Waals surface area contributed by atoms with E-state index in [0.29, 0.717) is 6.04 Å². The fraction of sp³-hybridized carbons (Fsp3) is 0.357. The van der Waals surface area contributed by atoms with Crippen molar-refractivity contribution in [2.24, 2.45) is 0 Å². The number of fused-ring (bicyclic) bond motifs is 1.